The van der Waals surface area contributed by atoms with Crippen LogP contribution in [0.4, 0.5) is 18.9 Å². The number of alkyl halides is 3. The van der Waals surface area contributed by atoms with Crippen LogP contribution in [0.1, 0.15) is 15.9 Å². The highest BCUT2D eigenvalue weighted by Crippen LogP contribution is 2.37. The zero-order chi connectivity index (χ0) is 16.6. The average molecular weight is 322 g/mol. The Morgan fingerprint density at radius 1 is 1.22 bits per heavy atom. The van der Waals surface area contributed by atoms with E-state index in [4.69, 9.17) is 0 Å². The second-order valence-corrected chi connectivity index (χ2v) is 4.70. The van der Waals surface area contributed by atoms with Gasteiger partial charge in [0.25, 0.3) is 5.91 Å². The van der Waals surface area contributed by atoms with Gasteiger partial charge in [-0.3, -0.25) is 9.20 Å². The fraction of sp³-hybridized carbons (Fsp3) is 0.0714. The third kappa shape index (κ3) is 2.93. The smallest absolute Gasteiger partial charge is 0.420 e. The van der Waals surface area contributed by atoms with Gasteiger partial charge >= 0.3 is 6.18 Å². The van der Waals surface area contributed by atoms with Crippen LogP contribution in [0.25, 0.3) is 5.65 Å². The van der Waals surface area contributed by atoms with Gasteiger partial charge in [-0.15, -0.1) is 10.2 Å². The molecule has 0 saturated carbocycles. The largest absolute Gasteiger partial charge is 0.507 e. The van der Waals surface area contributed by atoms with E-state index >= 15 is 0 Å². The standard InChI is InChI=1S/C14H9F3N4O2/c15-14(16,17)10-5-9(2-3-11(10)22)19-13(23)8-1-4-12-20-18-7-21(12)6-8/h1-7,22H,(H,19,23). The lowest BCUT2D eigenvalue weighted by atomic mass is 10.1. The molecule has 1 aromatic carbocycles. The summed E-state index contributed by atoms with van der Waals surface area (Å²) in [6.07, 6.45) is -1.86. The molecule has 6 nitrogen and oxygen atoms in total. The molecule has 2 N–H and O–H groups in total. The number of phenolic OH excluding ortho intramolecular Hbond substituents is 1. The van der Waals surface area contributed by atoms with Gasteiger partial charge in [0.2, 0.25) is 0 Å². The maximum absolute atomic E-state index is 12.7. The minimum atomic E-state index is -4.72. The Labute approximate surface area is 127 Å². The van der Waals surface area contributed by atoms with Gasteiger partial charge in [-0.25, -0.2) is 0 Å². The van der Waals surface area contributed by atoms with Crippen LogP contribution in [0.3, 0.4) is 0 Å². The minimum Gasteiger partial charge on any atom is -0.507 e. The van der Waals surface area contributed by atoms with Crippen molar-refractivity contribution in [2.75, 3.05) is 5.32 Å². The van der Waals surface area contributed by atoms with Crippen LogP contribution < -0.4 is 5.32 Å². The number of carbonyl (C=O) groups is 1. The molecule has 118 valence electrons. The van der Waals surface area contributed by atoms with E-state index in [1.165, 1.54) is 29.1 Å². The van der Waals surface area contributed by atoms with E-state index in [0.717, 1.165) is 6.07 Å². The molecule has 2 aromatic heterocycles. The first-order valence-corrected chi connectivity index (χ1v) is 6.35. The fourth-order valence-corrected chi connectivity index (χ4v) is 2.01. The second kappa shape index (κ2) is 5.27. The topological polar surface area (TPSA) is 79.5 Å². The summed E-state index contributed by atoms with van der Waals surface area (Å²) in [5, 5.41) is 19.1. The van der Waals surface area contributed by atoms with E-state index in [9.17, 15) is 23.1 Å². The number of aromatic nitrogens is 3. The highest BCUT2D eigenvalue weighted by Gasteiger charge is 2.34. The van der Waals surface area contributed by atoms with Gasteiger partial charge in [-0.2, -0.15) is 13.2 Å². The fourth-order valence-electron chi connectivity index (χ4n) is 2.01. The molecular weight excluding hydrogens is 313 g/mol. The molecule has 0 radical (unpaired) electrons. The summed E-state index contributed by atoms with van der Waals surface area (Å²) >= 11 is 0. The van der Waals surface area contributed by atoms with Crippen molar-refractivity contribution in [3.8, 4) is 5.75 Å². The molecule has 1 amide bonds. The Balaban J connectivity index is 1.87. The average Bonchev–Trinajstić information content (AvgIpc) is 2.95. The van der Waals surface area contributed by atoms with Gasteiger partial charge in [-0.05, 0) is 30.3 Å². The Morgan fingerprint density at radius 2 is 2.00 bits per heavy atom. The van der Waals surface area contributed by atoms with Crippen molar-refractivity contribution in [1.29, 1.82) is 0 Å². The predicted molar refractivity (Wildman–Crippen MR) is 74.0 cm³/mol. The summed E-state index contributed by atoms with van der Waals surface area (Å²) in [4.78, 5) is 12.1. The highest BCUT2D eigenvalue weighted by molar-refractivity contribution is 6.04. The molecule has 0 aliphatic rings. The quantitative estimate of drug-likeness (QED) is 0.711. The molecule has 23 heavy (non-hydrogen) atoms. The van der Waals surface area contributed by atoms with Gasteiger partial charge < -0.3 is 10.4 Å². The van der Waals surface area contributed by atoms with E-state index in [1.54, 1.807) is 6.07 Å². The van der Waals surface area contributed by atoms with Crippen molar-refractivity contribution in [3.63, 3.8) is 0 Å². The number of rotatable bonds is 2. The van der Waals surface area contributed by atoms with Gasteiger partial charge in [0.1, 0.15) is 12.1 Å². The third-order valence-electron chi connectivity index (χ3n) is 3.11. The minimum absolute atomic E-state index is 0.0796. The lowest BCUT2D eigenvalue weighted by molar-refractivity contribution is -0.138. The van der Waals surface area contributed by atoms with Crippen LogP contribution in [-0.4, -0.2) is 25.6 Å². The number of amides is 1. The normalized spacial score (nSPS) is 11.6. The van der Waals surface area contributed by atoms with Crippen molar-refractivity contribution >= 4 is 17.2 Å². The second-order valence-electron chi connectivity index (χ2n) is 4.70. The number of fused-ring (bicyclic) bond motifs is 1. The lowest BCUT2D eigenvalue weighted by Gasteiger charge is -2.11. The maximum Gasteiger partial charge on any atom is 0.420 e. The monoisotopic (exact) mass is 322 g/mol. The molecule has 0 bridgehead atoms. The van der Waals surface area contributed by atoms with E-state index in [2.05, 4.69) is 15.5 Å². The van der Waals surface area contributed by atoms with Crippen LogP contribution in [0, 0.1) is 0 Å². The zero-order valence-electron chi connectivity index (χ0n) is 11.4. The van der Waals surface area contributed by atoms with Crippen molar-refractivity contribution in [2.24, 2.45) is 0 Å². The molecule has 0 aliphatic carbocycles. The molecule has 2 heterocycles. The third-order valence-corrected chi connectivity index (χ3v) is 3.11. The maximum atomic E-state index is 12.7. The van der Waals surface area contributed by atoms with Crippen LogP contribution in [0.15, 0.2) is 42.9 Å². The van der Waals surface area contributed by atoms with E-state index in [0.29, 0.717) is 11.7 Å². The molecule has 0 atom stereocenters. The highest BCUT2D eigenvalue weighted by atomic mass is 19.4. The number of hydrogen-bond acceptors (Lipinski definition) is 4. The predicted octanol–water partition coefficient (Wildman–Crippen LogP) is 2.71. The van der Waals surface area contributed by atoms with E-state index in [-0.39, 0.29) is 11.3 Å². The van der Waals surface area contributed by atoms with Gasteiger partial charge in [0.15, 0.2) is 5.65 Å². The summed E-state index contributed by atoms with van der Waals surface area (Å²) in [6.45, 7) is 0. The van der Waals surface area contributed by atoms with Gasteiger partial charge in [-0.1, -0.05) is 0 Å². The Morgan fingerprint density at radius 3 is 2.74 bits per heavy atom. The molecule has 0 unspecified atom stereocenters. The Kier molecular flexibility index (Phi) is 3.40. The number of halogens is 3. The summed E-state index contributed by atoms with van der Waals surface area (Å²) < 4.78 is 39.7. The molecule has 0 aliphatic heterocycles. The first-order valence-electron chi connectivity index (χ1n) is 6.35. The summed E-state index contributed by atoms with van der Waals surface area (Å²) in [5.74, 6) is -1.50. The number of carbonyl (C=O) groups excluding carboxylic acids is 1. The molecule has 0 spiro atoms. The Hall–Kier alpha value is -3.10. The van der Waals surface area contributed by atoms with Crippen molar-refractivity contribution < 1.29 is 23.1 Å². The van der Waals surface area contributed by atoms with Crippen LogP contribution in [0.2, 0.25) is 0 Å². The number of hydrogen-bond donors (Lipinski definition) is 2. The van der Waals surface area contributed by atoms with Gasteiger partial charge in [0, 0.05) is 11.9 Å². The van der Waals surface area contributed by atoms with Crippen LogP contribution in [-0.2, 0) is 6.18 Å². The molecular formula is C14H9F3N4O2. The molecule has 3 aromatic rings. The van der Waals surface area contributed by atoms with Crippen molar-refractivity contribution in [3.05, 3.63) is 54.0 Å². The van der Waals surface area contributed by atoms with Crippen molar-refractivity contribution in [2.45, 2.75) is 6.18 Å². The molecule has 0 fully saturated rings. The SMILES string of the molecule is O=C(Nc1ccc(O)c(C(F)(F)F)c1)c1ccc2nncn2c1. The first kappa shape index (κ1) is 14.8. The number of nitrogens with zero attached hydrogens (tertiary/aromatic N) is 3. The number of nitrogens with one attached hydrogen (secondary N) is 1. The number of pyridine rings is 1. The first-order chi connectivity index (χ1) is 10.8. The van der Waals surface area contributed by atoms with E-state index < -0.39 is 23.4 Å². The number of phenols is 1. The number of aromatic hydroxyl groups is 1. The molecule has 0 saturated heterocycles. The number of benzene rings is 1. The Bertz CT molecular complexity index is 889. The zero-order valence-corrected chi connectivity index (χ0v) is 11.4. The van der Waals surface area contributed by atoms with Crippen LogP contribution >= 0.6 is 0 Å². The summed E-state index contributed by atoms with van der Waals surface area (Å²) in [7, 11) is 0. The summed E-state index contributed by atoms with van der Waals surface area (Å²) in [6, 6.07) is 5.76. The van der Waals surface area contributed by atoms with Crippen molar-refractivity contribution in [1.82, 2.24) is 14.6 Å². The van der Waals surface area contributed by atoms with Crippen LogP contribution in [0.5, 0.6) is 5.75 Å². The number of anilines is 1. The summed E-state index contributed by atoms with van der Waals surface area (Å²) in [5.41, 5.74) is -0.544. The van der Waals surface area contributed by atoms with E-state index in [1.807, 2.05) is 0 Å². The molecule has 3 rings (SSSR count). The molecule has 9 heteroatoms. The van der Waals surface area contributed by atoms with Gasteiger partial charge in [0.05, 0.1) is 11.1 Å². The lowest BCUT2D eigenvalue weighted by Crippen LogP contribution is -2.14.